The van der Waals surface area contributed by atoms with Gasteiger partial charge in [0.15, 0.2) is 17.3 Å². The molecule has 1 fully saturated rings. The molecule has 0 amide bonds. The van der Waals surface area contributed by atoms with Crippen LogP contribution in [0.1, 0.15) is 31.2 Å². The van der Waals surface area contributed by atoms with Crippen LogP contribution in [0.5, 0.6) is 11.5 Å². The highest BCUT2D eigenvalue weighted by molar-refractivity contribution is 6.38. The van der Waals surface area contributed by atoms with E-state index in [-0.39, 0.29) is 6.10 Å². The van der Waals surface area contributed by atoms with Crippen LogP contribution in [0.2, 0.25) is 10.0 Å². The number of pyridine rings is 1. The Labute approximate surface area is 197 Å². The van der Waals surface area contributed by atoms with E-state index in [1.165, 1.54) is 25.2 Å². The summed E-state index contributed by atoms with van der Waals surface area (Å²) in [5.41, 5.74) is 8.44. The zero-order valence-electron chi connectivity index (χ0n) is 17.6. The number of hydrogen-bond acceptors (Lipinski definition) is 5. The number of methoxy groups -OCH3 is 1. The van der Waals surface area contributed by atoms with Gasteiger partial charge in [-0.2, -0.15) is 0 Å². The van der Waals surface area contributed by atoms with Gasteiger partial charge in [-0.15, -0.1) is 0 Å². The zero-order valence-corrected chi connectivity index (χ0v) is 19.2. The molecule has 6 nitrogen and oxygen atoms in total. The van der Waals surface area contributed by atoms with Crippen molar-refractivity contribution in [3.8, 4) is 11.5 Å². The largest absolute Gasteiger partial charge is 0.493 e. The summed E-state index contributed by atoms with van der Waals surface area (Å²) in [5.74, 6) is 1.87. The van der Waals surface area contributed by atoms with Crippen LogP contribution < -0.4 is 20.3 Å². The van der Waals surface area contributed by atoms with Gasteiger partial charge in [-0.1, -0.05) is 41.4 Å². The van der Waals surface area contributed by atoms with E-state index in [9.17, 15) is 0 Å². The summed E-state index contributed by atoms with van der Waals surface area (Å²) < 4.78 is 11.8. The van der Waals surface area contributed by atoms with E-state index < -0.39 is 0 Å². The lowest BCUT2D eigenvalue weighted by Crippen LogP contribution is -2.30. The standard InChI is InChI=1S/C24H24Cl2N4O2/c1-31-21-12-11-16(13-22(21)32-18-9-5-6-10-18)24(30-29-17-7-3-2-4-8-17)28-23-19(25)14-27-15-20(23)26/h2-4,7-8,11-15,18,29H,5-6,9-10H2,1H3,(H,27,28,30). The third kappa shape index (κ3) is 5.44. The monoisotopic (exact) mass is 470 g/mol. The van der Waals surface area contributed by atoms with E-state index >= 15 is 0 Å². The average Bonchev–Trinajstić information content (AvgIpc) is 3.32. The molecule has 0 aliphatic heterocycles. The van der Waals surface area contributed by atoms with Gasteiger partial charge in [0.1, 0.15) is 5.69 Å². The number of ether oxygens (including phenoxy) is 2. The highest BCUT2D eigenvalue weighted by atomic mass is 35.5. The molecule has 1 aliphatic carbocycles. The minimum atomic E-state index is 0.194. The van der Waals surface area contributed by atoms with Crippen LogP contribution in [0.25, 0.3) is 0 Å². The number of aliphatic imine (C=N–C) groups is 1. The summed E-state index contributed by atoms with van der Waals surface area (Å²) in [6.07, 6.45) is 7.67. The lowest BCUT2D eigenvalue weighted by atomic mass is 10.1. The van der Waals surface area contributed by atoms with Crippen molar-refractivity contribution in [3.05, 3.63) is 76.5 Å². The summed E-state index contributed by atoms with van der Waals surface area (Å²) >= 11 is 12.6. The molecule has 3 aromatic rings. The number of hydrogen-bond donors (Lipinski definition) is 2. The smallest absolute Gasteiger partial charge is 0.162 e. The Kier molecular flexibility index (Phi) is 7.35. The van der Waals surface area contributed by atoms with E-state index in [0.29, 0.717) is 33.1 Å². The highest BCUT2D eigenvalue weighted by Gasteiger charge is 2.20. The molecule has 1 heterocycles. The van der Waals surface area contributed by atoms with Gasteiger partial charge >= 0.3 is 0 Å². The van der Waals surface area contributed by atoms with Gasteiger partial charge in [0.05, 0.1) is 28.9 Å². The maximum absolute atomic E-state index is 6.32. The van der Waals surface area contributed by atoms with Gasteiger partial charge in [-0.3, -0.25) is 15.8 Å². The first-order chi connectivity index (χ1) is 15.6. The minimum absolute atomic E-state index is 0.194. The van der Waals surface area contributed by atoms with Crippen molar-refractivity contribution >= 4 is 40.4 Å². The second kappa shape index (κ2) is 10.6. The van der Waals surface area contributed by atoms with Gasteiger partial charge in [0.2, 0.25) is 0 Å². The Morgan fingerprint density at radius 2 is 1.72 bits per heavy atom. The molecule has 0 unspecified atom stereocenters. The lowest BCUT2D eigenvalue weighted by Gasteiger charge is -2.18. The lowest BCUT2D eigenvalue weighted by molar-refractivity contribution is 0.201. The molecule has 8 heteroatoms. The van der Waals surface area contributed by atoms with E-state index in [4.69, 9.17) is 37.7 Å². The second-order valence-electron chi connectivity index (χ2n) is 7.42. The van der Waals surface area contributed by atoms with Crippen LogP contribution in [0, 0.1) is 0 Å². The number of nitrogens with one attached hydrogen (secondary N) is 2. The maximum atomic E-state index is 6.32. The molecule has 0 bridgehead atoms. The van der Waals surface area contributed by atoms with Crippen molar-refractivity contribution < 1.29 is 9.47 Å². The molecule has 0 saturated heterocycles. The molecule has 32 heavy (non-hydrogen) atoms. The quantitative estimate of drug-likeness (QED) is 0.237. The molecular weight excluding hydrogens is 447 g/mol. The van der Waals surface area contributed by atoms with Crippen LogP contribution in [-0.4, -0.2) is 24.0 Å². The maximum Gasteiger partial charge on any atom is 0.162 e. The molecule has 0 spiro atoms. The van der Waals surface area contributed by atoms with Gasteiger partial charge in [-0.25, -0.2) is 4.99 Å². The van der Waals surface area contributed by atoms with E-state index in [0.717, 1.165) is 24.1 Å². The summed E-state index contributed by atoms with van der Waals surface area (Å²) in [4.78, 5) is 8.72. The first-order valence-corrected chi connectivity index (χ1v) is 11.2. The summed E-state index contributed by atoms with van der Waals surface area (Å²) in [5, 5.41) is 0.708. The Morgan fingerprint density at radius 1 is 1.00 bits per heavy atom. The summed E-state index contributed by atoms with van der Waals surface area (Å²) in [6, 6.07) is 15.4. The predicted octanol–water partition coefficient (Wildman–Crippen LogP) is 6.41. The van der Waals surface area contributed by atoms with Gasteiger partial charge in [0.25, 0.3) is 0 Å². The molecule has 4 rings (SSSR count). The Hall–Kier alpha value is -2.96. The van der Waals surface area contributed by atoms with Gasteiger partial charge in [0, 0.05) is 18.0 Å². The van der Waals surface area contributed by atoms with E-state index in [1.54, 1.807) is 7.11 Å². The number of aromatic nitrogens is 1. The van der Waals surface area contributed by atoms with Crippen molar-refractivity contribution in [1.82, 2.24) is 10.4 Å². The van der Waals surface area contributed by atoms with Crippen molar-refractivity contribution in [3.63, 3.8) is 0 Å². The topological polar surface area (TPSA) is 67.8 Å². The van der Waals surface area contributed by atoms with Gasteiger partial charge < -0.3 is 9.47 Å². The number of amidine groups is 1. The highest BCUT2D eigenvalue weighted by Crippen LogP contribution is 2.35. The number of benzene rings is 2. The fourth-order valence-corrected chi connectivity index (χ4v) is 3.99. The molecule has 1 aliphatic rings. The molecule has 1 saturated carbocycles. The Morgan fingerprint density at radius 3 is 2.41 bits per heavy atom. The second-order valence-corrected chi connectivity index (χ2v) is 8.23. The number of nitrogens with zero attached hydrogens (tertiary/aromatic N) is 2. The normalized spacial score (nSPS) is 14.3. The number of rotatable bonds is 7. The Balaban J connectivity index is 1.70. The van der Waals surface area contributed by atoms with Crippen LogP contribution in [0.15, 0.2) is 65.9 Å². The number of para-hydroxylation sites is 1. The molecule has 2 aromatic carbocycles. The average molecular weight is 471 g/mol. The molecule has 0 atom stereocenters. The van der Waals surface area contributed by atoms with Crippen LogP contribution in [0.3, 0.4) is 0 Å². The summed E-state index contributed by atoms with van der Waals surface area (Å²) in [7, 11) is 1.64. The van der Waals surface area contributed by atoms with Crippen LogP contribution in [-0.2, 0) is 0 Å². The minimum Gasteiger partial charge on any atom is -0.493 e. The first-order valence-electron chi connectivity index (χ1n) is 10.4. The number of anilines is 1. The molecule has 2 N–H and O–H groups in total. The third-order valence-corrected chi connectivity index (χ3v) is 5.74. The third-order valence-electron chi connectivity index (χ3n) is 5.18. The molecule has 0 radical (unpaired) electrons. The Bertz CT molecular complexity index is 1070. The number of hydrazine groups is 1. The molecule has 166 valence electrons. The fourth-order valence-electron chi connectivity index (χ4n) is 3.54. The SMILES string of the molecule is COc1ccc(C(=Nc2c(Cl)cncc2Cl)NNc2ccccc2)cc1OC1CCCC1. The fraction of sp³-hybridized carbons (Fsp3) is 0.250. The molecule has 1 aromatic heterocycles. The van der Waals surface area contributed by atoms with Crippen molar-refractivity contribution in [1.29, 1.82) is 0 Å². The number of halogens is 2. The van der Waals surface area contributed by atoms with E-state index in [1.807, 2.05) is 48.5 Å². The zero-order chi connectivity index (χ0) is 22.3. The van der Waals surface area contributed by atoms with Crippen LogP contribution in [0.4, 0.5) is 11.4 Å². The van der Waals surface area contributed by atoms with Crippen LogP contribution >= 0.6 is 23.2 Å². The first kappa shape index (κ1) is 22.2. The van der Waals surface area contributed by atoms with E-state index in [2.05, 4.69) is 15.8 Å². The van der Waals surface area contributed by atoms with Crippen molar-refractivity contribution in [2.45, 2.75) is 31.8 Å². The van der Waals surface area contributed by atoms with Gasteiger partial charge in [-0.05, 0) is 56.0 Å². The molecular formula is C24H24Cl2N4O2. The van der Waals surface area contributed by atoms with Crippen molar-refractivity contribution in [2.24, 2.45) is 4.99 Å². The predicted molar refractivity (Wildman–Crippen MR) is 130 cm³/mol. The summed E-state index contributed by atoms with van der Waals surface area (Å²) in [6.45, 7) is 0. The van der Waals surface area contributed by atoms with Crippen molar-refractivity contribution in [2.75, 3.05) is 12.5 Å².